The number of halogens is 2. The summed E-state index contributed by atoms with van der Waals surface area (Å²) in [5.41, 5.74) is 5.04. The summed E-state index contributed by atoms with van der Waals surface area (Å²) in [6.07, 6.45) is 6.88. The number of fused-ring (bicyclic) bond motifs is 2. The fourth-order valence-corrected chi connectivity index (χ4v) is 3.84. The van der Waals surface area contributed by atoms with Crippen LogP contribution in [0.3, 0.4) is 0 Å². The molecular weight excluding hydrogens is 587 g/mol. The molecule has 0 N–H and O–H groups in total. The molecule has 0 amide bonds. The number of benzene rings is 2. The molecule has 0 unspecified atom stereocenters. The summed E-state index contributed by atoms with van der Waals surface area (Å²) in [6.45, 7) is 8.83. The van der Waals surface area contributed by atoms with E-state index >= 15 is 0 Å². The summed E-state index contributed by atoms with van der Waals surface area (Å²) in [6, 6.07) is 21.2. The minimum absolute atomic E-state index is 0. The van der Waals surface area contributed by atoms with Gasteiger partial charge in [-0.3, -0.25) is 9.13 Å². The third-order valence-electron chi connectivity index (χ3n) is 5.14. The van der Waals surface area contributed by atoms with E-state index in [1.165, 1.54) is 32.7 Å². The molecule has 0 saturated carbocycles. The third-order valence-corrected chi connectivity index (χ3v) is 5.14. The molecule has 0 aliphatic carbocycles. The second-order valence-electron chi connectivity index (χ2n) is 8.36. The second-order valence-corrected chi connectivity index (χ2v) is 17.7. The van der Waals surface area contributed by atoms with Crippen LogP contribution in [-0.4, -0.2) is 35.0 Å². The molecule has 0 bridgehead atoms. The van der Waals surface area contributed by atoms with Crippen molar-refractivity contribution in [3.63, 3.8) is 0 Å². The molecule has 0 atom stereocenters. The van der Waals surface area contributed by atoms with Gasteiger partial charge in [-0.25, -0.2) is 0 Å². The van der Waals surface area contributed by atoms with E-state index in [-0.39, 0.29) is 30.2 Å². The Morgan fingerprint density at radius 2 is 1.00 bits per heavy atom. The first-order valence-electron chi connectivity index (χ1n) is 11.0. The van der Waals surface area contributed by atoms with Crippen molar-refractivity contribution < 1.29 is 48.1 Å². The molecular formula is C26H26Cl2N6SiZr-2. The molecule has 0 saturated heterocycles. The maximum atomic E-state index is 3.83. The normalized spacial score (nSPS) is 9.94. The number of hydrogen-bond donors (Lipinski definition) is 0. The Labute approximate surface area is 238 Å². The van der Waals surface area contributed by atoms with Crippen molar-refractivity contribution >= 4 is 27.0 Å². The first-order chi connectivity index (χ1) is 16.4. The van der Waals surface area contributed by atoms with Gasteiger partial charge in [0.05, 0.1) is 0 Å². The summed E-state index contributed by atoms with van der Waals surface area (Å²) in [5, 5.41) is 20.3. The Morgan fingerprint density at radius 1 is 0.667 bits per heavy atom. The standard InChI is InChI=1S/2C12H10N3.C2H6Si.2ClH.Zr/c2*1-9-5-10-3-2-4-12(11(10)6-9)15-7-13-14-8-15;1-3-2;;;/h2*2-8H,1H3;1-2H3;2*1H;/q2*-1;;;;+2/p-2. The van der Waals surface area contributed by atoms with Crippen LogP contribution in [0.15, 0.2) is 86.0 Å². The number of hydrogen-bond acceptors (Lipinski definition) is 4. The van der Waals surface area contributed by atoms with Crippen LogP contribution in [0.5, 0.6) is 0 Å². The van der Waals surface area contributed by atoms with Crippen LogP contribution in [0, 0.1) is 13.8 Å². The second kappa shape index (κ2) is 13.8. The molecule has 0 spiro atoms. The van der Waals surface area contributed by atoms with E-state index in [2.05, 4.69) is 108 Å². The number of nitrogens with zero attached hydrogens (tertiary/aromatic N) is 6. The van der Waals surface area contributed by atoms with Gasteiger partial charge in [0, 0.05) is 11.4 Å². The predicted molar refractivity (Wildman–Crippen MR) is 136 cm³/mol. The van der Waals surface area contributed by atoms with Gasteiger partial charge in [-0.05, 0) is 0 Å². The molecule has 0 fully saturated rings. The fourth-order valence-electron chi connectivity index (χ4n) is 3.84. The van der Waals surface area contributed by atoms with Gasteiger partial charge in [-0.1, -0.05) is 26.0 Å². The minimum Gasteiger partial charge on any atom is -1.00 e. The van der Waals surface area contributed by atoms with E-state index in [4.69, 9.17) is 0 Å². The van der Waals surface area contributed by atoms with Gasteiger partial charge in [-0.15, -0.1) is 89.5 Å². The quantitative estimate of drug-likeness (QED) is 0.199. The van der Waals surface area contributed by atoms with Crippen LogP contribution >= 0.6 is 0 Å². The number of aromatic nitrogens is 6. The Kier molecular flexibility index (Phi) is 11.4. The monoisotopic (exact) mass is 610 g/mol. The molecule has 0 aliphatic rings. The zero-order valence-electron chi connectivity index (χ0n) is 20.5. The summed E-state index contributed by atoms with van der Waals surface area (Å²) >= 11 is 1.74. The van der Waals surface area contributed by atoms with Crippen LogP contribution in [0.2, 0.25) is 13.1 Å². The molecule has 6 nitrogen and oxygen atoms in total. The molecule has 6 rings (SSSR count). The molecule has 6 aromatic rings. The molecule has 2 aromatic heterocycles. The van der Waals surface area contributed by atoms with Gasteiger partial charge in [0.2, 0.25) is 0 Å². The van der Waals surface area contributed by atoms with Gasteiger partial charge in [0.1, 0.15) is 25.3 Å². The van der Waals surface area contributed by atoms with Crippen molar-refractivity contribution in [3.8, 4) is 11.4 Å². The molecule has 2 heterocycles. The van der Waals surface area contributed by atoms with E-state index < -0.39 is 0 Å². The van der Waals surface area contributed by atoms with Crippen molar-refractivity contribution in [1.82, 2.24) is 29.5 Å². The third kappa shape index (κ3) is 7.32. The molecule has 4 aromatic carbocycles. The molecule has 0 aliphatic heterocycles. The molecule has 0 radical (unpaired) electrons. The van der Waals surface area contributed by atoms with Crippen molar-refractivity contribution in [2.45, 2.75) is 26.9 Å². The van der Waals surface area contributed by atoms with E-state index in [0.717, 1.165) is 11.4 Å². The zero-order chi connectivity index (χ0) is 24.1. The number of aryl methyl sites for hydroxylation is 2. The SMILES string of the molecule is C[Si](C)=[Zr+2].Cc1cc2c(-n3cnnc3)cccc2[cH-]1.Cc1cc2c(-n3cnnc3)cccc2[cH-]1.[Cl-].[Cl-]. The van der Waals surface area contributed by atoms with E-state index in [1.807, 2.05) is 9.13 Å². The summed E-state index contributed by atoms with van der Waals surface area (Å²) in [5.74, 6) is 0. The van der Waals surface area contributed by atoms with Gasteiger partial charge < -0.3 is 24.8 Å². The Morgan fingerprint density at radius 3 is 1.33 bits per heavy atom. The van der Waals surface area contributed by atoms with Gasteiger partial charge >= 0.3 is 41.9 Å². The molecule has 10 heteroatoms. The average Bonchev–Trinajstić information content (AvgIpc) is 3.58. The zero-order valence-corrected chi connectivity index (χ0v) is 25.5. The Hall–Kier alpha value is -2.38. The summed E-state index contributed by atoms with van der Waals surface area (Å²) in [4.78, 5) is 0. The number of rotatable bonds is 2. The Balaban J connectivity index is 0.000000211. The average molecular weight is 613 g/mol. The minimum atomic E-state index is 0. The van der Waals surface area contributed by atoms with Gasteiger partial charge in [0.25, 0.3) is 0 Å². The van der Waals surface area contributed by atoms with Gasteiger partial charge in [-0.2, -0.15) is 12.1 Å². The van der Waals surface area contributed by atoms with Crippen LogP contribution in [0.4, 0.5) is 0 Å². The topological polar surface area (TPSA) is 61.4 Å². The molecule has 184 valence electrons. The van der Waals surface area contributed by atoms with Gasteiger partial charge in [0.15, 0.2) is 0 Å². The summed E-state index contributed by atoms with van der Waals surface area (Å²) in [7, 11) is 0. The first kappa shape index (κ1) is 29.8. The van der Waals surface area contributed by atoms with E-state index in [0.29, 0.717) is 0 Å². The Bertz CT molecular complexity index is 1410. The van der Waals surface area contributed by atoms with Crippen molar-refractivity contribution in [1.29, 1.82) is 0 Å². The first-order valence-corrected chi connectivity index (χ1v) is 17.1. The van der Waals surface area contributed by atoms with E-state index in [1.54, 1.807) is 48.6 Å². The van der Waals surface area contributed by atoms with Crippen molar-refractivity contribution in [3.05, 3.63) is 97.1 Å². The maximum absolute atomic E-state index is 3.83. The van der Waals surface area contributed by atoms with Crippen LogP contribution in [0.25, 0.3) is 32.9 Å². The molecule has 36 heavy (non-hydrogen) atoms. The van der Waals surface area contributed by atoms with Crippen molar-refractivity contribution in [2.75, 3.05) is 0 Å². The van der Waals surface area contributed by atoms with Crippen LogP contribution in [-0.2, 0) is 23.3 Å². The van der Waals surface area contributed by atoms with Crippen LogP contribution < -0.4 is 24.8 Å². The maximum Gasteiger partial charge on any atom is 0.123 e. The van der Waals surface area contributed by atoms with E-state index in [9.17, 15) is 0 Å². The fraction of sp³-hybridized carbons (Fsp3) is 0.154. The largest absolute Gasteiger partial charge is 1.00 e. The summed E-state index contributed by atoms with van der Waals surface area (Å²) < 4.78 is 3.86. The van der Waals surface area contributed by atoms with Crippen molar-refractivity contribution in [2.24, 2.45) is 0 Å². The predicted octanol–water partition coefficient (Wildman–Crippen LogP) is -0.312. The van der Waals surface area contributed by atoms with Crippen LogP contribution in [0.1, 0.15) is 11.1 Å². The smallest absolute Gasteiger partial charge is 0.123 e.